The van der Waals surface area contributed by atoms with Crippen LogP contribution in [0.5, 0.6) is 0 Å². The molecular weight excluding hydrogens is 210 g/mol. The number of rotatable bonds is 4. The van der Waals surface area contributed by atoms with Crippen molar-refractivity contribution in [1.82, 2.24) is 4.90 Å². The van der Waals surface area contributed by atoms with Gasteiger partial charge in [0.05, 0.1) is 19.3 Å². The second-order valence-electron chi connectivity index (χ2n) is 3.88. The zero-order chi connectivity index (χ0) is 12.1. The highest BCUT2D eigenvalue weighted by Gasteiger charge is 2.38. The Morgan fingerprint density at radius 3 is 2.50 bits per heavy atom. The smallest absolute Gasteiger partial charge is 0.219 e. The van der Waals surface area contributed by atoms with Crippen LogP contribution in [0.1, 0.15) is 13.8 Å². The van der Waals surface area contributed by atoms with Crippen LogP contribution in [0.25, 0.3) is 0 Å². The third-order valence-electron chi connectivity index (χ3n) is 3.04. The van der Waals surface area contributed by atoms with E-state index in [0.717, 1.165) is 0 Å². The van der Waals surface area contributed by atoms with E-state index in [-0.39, 0.29) is 24.2 Å². The lowest BCUT2D eigenvalue weighted by molar-refractivity contribution is -0.166. The first-order chi connectivity index (χ1) is 7.65. The largest absolute Gasteiger partial charge is 0.376 e. The van der Waals surface area contributed by atoms with Gasteiger partial charge in [-0.15, -0.1) is 0 Å². The molecule has 5 nitrogen and oxygen atoms in total. The fourth-order valence-electron chi connectivity index (χ4n) is 2.21. The van der Waals surface area contributed by atoms with Crippen molar-refractivity contribution in [2.24, 2.45) is 0 Å². The van der Waals surface area contributed by atoms with Crippen LogP contribution in [0.3, 0.4) is 0 Å². The summed E-state index contributed by atoms with van der Waals surface area (Å²) in [6.45, 7) is 5.18. The van der Waals surface area contributed by atoms with Crippen LogP contribution in [-0.2, 0) is 19.0 Å². The zero-order valence-electron chi connectivity index (χ0n) is 10.4. The summed E-state index contributed by atoms with van der Waals surface area (Å²) in [5, 5.41) is 0. The molecule has 0 radical (unpaired) electrons. The fourth-order valence-corrected chi connectivity index (χ4v) is 2.21. The van der Waals surface area contributed by atoms with E-state index >= 15 is 0 Å². The lowest BCUT2D eigenvalue weighted by Gasteiger charge is -2.41. The van der Waals surface area contributed by atoms with Crippen LogP contribution >= 0.6 is 0 Å². The summed E-state index contributed by atoms with van der Waals surface area (Å²) in [7, 11) is 3.27. The average molecular weight is 231 g/mol. The number of amides is 1. The molecule has 0 saturated carbocycles. The van der Waals surface area contributed by atoms with Crippen LogP contribution in [0.15, 0.2) is 0 Å². The van der Waals surface area contributed by atoms with Crippen molar-refractivity contribution >= 4 is 5.91 Å². The van der Waals surface area contributed by atoms with Crippen molar-refractivity contribution in [3.63, 3.8) is 0 Å². The van der Waals surface area contributed by atoms with Gasteiger partial charge >= 0.3 is 0 Å². The molecule has 5 heteroatoms. The van der Waals surface area contributed by atoms with Gasteiger partial charge in [-0.1, -0.05) is 0 Å². The van der Waals surface area contributed by atoms with Gasteiger partial charge in [-0.25, -0.2) is 0 Å². The van der Waals surface area contributed by atoms with E-state index in [9.17, 15) is 4.79 Å². The summed E-state index contributed by atoms with van der Waals surface area (Å²) in [4.78, 5) is 13.3. The predicted octanol–water partition coefficient (Wildman–Crippen LogP) is 0.284. The first kappa shape index (κ1) is 13.4. The summed E-state index contributed by atoms with van der Waals surface area (Å²) in [6, 6.07) is -0.0637. The minimum atomic E-state index is -0.123. The van der Waals surface area contributed by atoms with Crippen molar-refractivity contribution in [1.29, 1.82) is 0 Å². The Labute approximate surface area is 96.6 Å². The Bertz CT molecular complexity index is 234. The maximum atomic E-state index is 11.5. The Balaban J connectivity index is 2.78. The molecule has 0 aromatic rings. The predicted molar refractivity (Wildman–Crippen MR) is 59.3 cm³/mol. The SMILES string of the molecule is CCN(C(C)=O)C1COCC(OC)C1OC. The number of hydrogen-bond acceptors (Lipinski definition) is 4. The molecule has 1 fully saturated rings. The molecule has 0 bridgehead atoms. The molecule has 1 saturated heterocycles. The Kier molecular flexibility index (Phi) is 5.18. The van der Waals surface area contributed by atoms with Gasteiger partial charge < -0.3 is 19.1 Å². The van der Waals surface area contributed by atoms with Crippen LogP contribution < -0.4 is 0 Å². The van der Waals surface area contributed by atoms with Crippen molar-refractivity contribution in [2.45, 2.75) is 32.1 Å². The molecule has 1 heterocycles. The minimum absolute atomic E-state index is 0.0369. The quantitative estimate of drug-likeness (QED) is 0.697. The van der Waals surface area contributed by atoms with Gasteiger partial charge in [-0.05, 0) is 6.92 Å². The fraction of sp³-hybridized carbons (Fsp3) is 0.909. The zero-order valence-corrected chi connectivity index (χ0v) is 10.4. The maximum Gasteiger partial charge on any atom is 0.219 e. The summed E-state index contributed by atoms with van der Waals surface area (Å²) < 4.78 is 16.2. The van der Waals surface area contributed by atoms with E-state index < -0.39 is 0 Å². The van der Waals surface area contributed by atoms with Gasteiger partial charge in [0.1, 0.15) is 12.2 Å². The van der Waals surface area contributed by atoms with Crippen molar-refractivity contribution in [2.75, 3.05) is 34.0 Å². The molecule has 0 aromatic carbocycles. The van der Waals surface area contributed by atoms with E-state index in [4.69, 9.17) is 14.2 Å². The number of methoxy groups -OCH3 is 2. The molecule has 16 heavy (non-hydrogen) atoms. The number of carbonyl (C=O) groups excluding carboxylic acids is 1. The summed E-state index contributed by atoms with van der Waals surface area (Å²) in [5.74, 6) is 0.0369. The van der Waals surface area contributed by atoms with Gasteiger partial charge in [0.2, 0.25) is 5.91 Å². The molecule has 0 aliphatic carbocycles. The standard InChI is InChI=1S/C11H21NO4/c1-5-12(8(2)13)9-6-16-7-10(14-3)11(9)15-4/h9-11H,5-7H2,1-4H3. The molecule has 0 aromatic heterocycles. The minimum Gasteiger partial charge on any atom is -0.376 e. The number of nitrogens with zero attached hydrogens (tertiary/aromatic N) is 1. The molecular formula is C11H21NO4. The highest BCUT2D eigenvalue weighted by molar-refractivity contribution is 5.73. The van der Waals surface area contributed by atoms with Gasteiger partial charge in [-0.3, -0.25) is 4.79 Å². The molecule has 0 spiro atoms. The first-order valence-electron chi connectivity index (χ1n) is 5.56. The van der Waals surface area contributed by atoms with E-state index in [1.165, 1.54) is 0 Å². The lowest BCUT2D eigenvalue weighted by Crippen LogP contribution is -2.58. The summed E-state index contributed by atoms with van der Waals surface area (Å²) in [5.41, 5.74) is 0. The van der Waals surface area contributed by atoms with Gasteiger partial charge in [0.15, 0.2) is 0 Å². The first-order valence-corrected chi connectivity index (χ1v) is 5.56. The molecule has 94 valence electrons. The third-order valence-corrected chi connectivity index (χ3v) is 3.04. The van der Waals surface area contributed by atoms with Crippen LogP contribution in [0, 0.1) is 0 Å². The topological polar surface area (TPSA) is 48.0 Å². The van der Waals surface area contributed by atoms with E-state index in [1.807, 2.05) is 6.92 Å². The lowest BCUT2D eigenvalue weighted by atomic mass is 10.0. The van der Waals surface area contributed by atoms with Crippen LogP contribution in [0.2, 0.25) is 0 Å². The van der Waals surface area contributed by atoms with Gasteiger partial charge in [0.25, 0.3) is 0 Å². The Hall–Kier alpha value is -0.650. The summed E-state index contributed by atoms with van der Waals surface area (Å²) in [6.07, 6.45) is -0.236. The van der Waals surface area contributed by atoms with Crippen LogP contribution in [0.4, 0.5) is 0 Å². The van der Waals surface area contributed by atoms with Gasteiger partial charge in [-0.2, -0.15) is 0 Å². The Morgan fingerprint density at radius 2 is 2.06 bits per heavy atom. The van der Waals surface area contributed by atoms with E-state index in [1.54, 1.807) is 26.0 Å². The van der Waals surface area contributed by atoms with Crippen molar-refractivity contribution < 1.29 is 19.0 Å². The molecule has 3 unspecified atom stereocenters. The molecule has 1 aliphatic heterocycles. The van der Waals surface area contributed by atoms with Crippen molar-refractivity contribution in [3.8, 4) is 0 Å². The molecule has 3 atom stereocenters. The molecule has 1 amide bonds. The number of likely N-dealkylation sites (N-methyl/N-ethyl adjacent to an activating group) is 1. The molecule has 1 rings (SSSR count). The number of ether oxygens (including phenoxy) is 3. The third kappa shape index (κ3) is 2.72. The monoisotopic (exact) mass is 231 g/mol. The normalized spacial score (nSPS) is 30.1. The highest BCUT2D eigenvalue weighted by atomic mass is 16.6. The average Bonchev–Trinajstić information content (AvgIpc) is 2.29. The second kappa shape index (κ2) is 6.18. The van der Waals surface area contributed by atoms with E-state index in [2.05, 4.69) is 0 Å². The Morgan fingerprint density at radius 1 is 1.38 bits per heavy atom. The molecule has 0 N–H and O–H groups in total. The second-order valence-corrected chi connectivity index (χ2v) is 3.88. The van der Waals surface area contributed by atoms with Gasteiger partial charge in [0, 0.05) is 27.7 Å². The van der Waals surface area contributed by atoms with E-state index in [0.29, 0.717) is 19.8 Å². The molecule has 1 aliphatic rings. The number of carbonyl (C=O) groups is 1. The highest BCUT2D eigenvalue weighted by Crippen LogP contribution is 2.19. The van der Waals surface area contributed by atoms with Crippen molar-refractivity contribution in [3.05, 3.63) is 0 Å². The number of hydrogen-bond donors (Lipinski definition) is 0. The summed E-state index contributed by atoms with van der Waals surface area (Å²) >= 11 is 0. The maximum absolute atomic E-state index is 11.5. The van der Waals surface area contributed by atoms with Crippen LogP contribution in [-0.4, -0.2) is 63.0 Å².